The molecule has 0 aliphatic carbocycles. The van der Waals surface area contributed by atoms with Gasteiger partial charge >= 0.3 is 0 Å². The van der Waals surface area contributed by atoms with Crippen molar-refractivity contribution in [2.45, 2.75) is 57.2 Å². The summed E-state index contributed by atoms with van der Waals surface area (Å²) in [5, 5.41) is 9.03. The van der Waals surface area contributed by atoms with Crippen LogP contribution in [0.15, 0.2) is 22.8 Å². The standard InChI is InChI=1S/C15H26N2O2/c1-2-13(16)15(14-8-5-11-19-14)17-9-3-6-12(17)7-4-10-18/h5,8,11-13,15,18H,2-4,6-7,9-10,16H2,1H3. The lowest BCUT2D eigenvalue weighted by molar-refractivity contribution is 0.123. The van der Waals surface area contributed by atoms with Crippen molar-refractivity contribution in [1.29, 1.82) is 0 Å². The van der Waals surface area contributed by atoms with Gasteiger partial charge in [-0.2, -0.15) is 0 Å². The Balaban J connectivity index is 2.13. The minimum Gasteiger partial charge on any atom is -0.468 e. The molecule has 1 saturated heterocycles. The van der Waals surface area contributed by atoms with Gasteiger partial charge in [-0.15, -0.1) is 0 Å². The maximum absolute atomic E-state index is 9.03. The van der Waals surface area contributed by atoms with Crippen LogP contribution < -0.4 is 5.73 Å². The van der Waals surface area contributed by atoms with E-state index >= 15 is 0 Å². The van der Waals surface area contributed by atoms with Crippen molar-refractivity contribution in [1.82, 2.24) is 4.90 Å². The van der Waals surface area contributed by atoms with Crippen molar-refractivity contribution in [3.05, 3.63) is 24.2 Å². The minimum atomic E-state index is 0.0980. The van der Waals surface area contributed by atoms with Gasteiger partial charge in [0.1, 0.15) is 5.76 Å². The van der Waals surface area contributed by atoms with Gasteiger partial charge in [-0.05, 0) is 50.8 Å². The minimum absolute atomic E-state index is 0.0980. The Kier molecular flexibility index (Phi) is 5.43. The van der Waals surface area contributed by atoms with Gasteiger partial charge < -0.3 is 15.3 Å². The number of aliphatic hydroxyl groups excluding tert-OH is 1. The molecule has 1 aliphatic rings. The van der Waals surface area contributed by atoms with E-state index in [0.717, 1.165) is 31.6 Å². The fraction of sp³-hybridized carbons (Fsp3) is 0.733. The third-order valence-electron chi connectivity index (χ3n) is 4.19. The normalized spacial score (nSPS) is 23.6. The quantitative estimate of drug-likeness (QED) is 0.795. The molecule has 3 unspecified atom stereocenters. The molecule has 0 bridgehead atoms. The molecular weight excluding hydrogens is 240 g/mol. The van der Waals surface area contributed by atoms with E-state index in [4.69, 9.17) is 15.3 Å². The summed E-state index contributed by atoms with van der Waals surface area (Å²) in [5.41, 5.74) is 6.33. The van der Waals surface area contributed by atoms with Gasteiger partial charge in [-0.3, -0.25) is 4.90 Å². The van der Waals surface area contributed by atoms with Gasteiger partial charge in [-0.25, -0.2) is 0 Å². The van der Waals surface area contributed by atoms with Crippen LogP contribution >= 0.6 is 0 Å². The number of nitrogens with zero attached hydrogens (tertiary/aromatic N) is 1. The summed E-state index contributed by atoms with van der Waals surface area (Å²) in [4.78, 5) is 2.49. The fourth-order valence-corrected chi connectivity index (χ4v) is 3.16. The van der Waals surface area contributed by atoms with E-state index in [1.54, 1.807) is 6.26 Å². The lowest BCUT2D eigenvalue weighted by Crippen LogP contribution is -2.43. The van der Waals surface area contributed by atoms with Crippen LogP contribution in [0.2, 0.25) is 0 Å². The first-order valence-electron chi connectivity index (χ1n) is 7.43. The van der Waals surface area contributed by atoms with E-state index in [2.05, 4.69) is 11.8 Å². The molecule has 3 atom stereocenters. The van der Waals surface area contributed by atoms with Crippen LogP contribution in [0.25, 0.3) is 0 Å². The second-order valence-electron chi connectivity index (χ2n) is 5.43. The predicted molar refractivity (Wildman–Crippen MR) is 75.8 cm³/mol. The Hall–Kier alpha value is -0.840. The summed E-state index contributed by atoms with van der Waals surface area (Å²) in [6.07, 6.45) is 6.99. The van der Waals surface area contributed by atoms with Gasteiger partial charge in [0, 0.05) is 18.7 Å². The number of furan rings is 1. The molecule has 2 heterocycles. The van der Waals surface area contributed by atoms with E-state index < -0.39 is 0 Å². The molecule has 3 N–H and O–H groups in total. The van der Waals surface area contributed by atoms with Crippen molar-refractivity contribution < 1.29 is 9.52 Å². The van der Waals surface area contributed by atoms with Crippen molar-refractivity contribution in [3.63, 3.8) is 0 Å². The van der Waals surface area contributed by atoms with Crippen LogP contribution in [0.1, 0.15) is 50.8 Å². The molecule has 0 aromatic carbocycles. The third-order valence-corrected chi connectivity index (χ3v) is 4.19. The molecule has 4 nitrogen and oxygen atoms in total. The van der Waals surface area contributed by atoms with Crippen molar-refractivity contribution in [2.75, 3.05) is 13.2 Å². The van der Waals surface area contributed by atoms with Crippen LogP contribution in [-0.4, -0.2) is 35.2 Å². The zero-order chi connectivity index (χ0) is 13.7. The number of rotatable bonds is 7. The van der Waals surface area contributed by atoms with E-state index in [0.29, 0.717) is 6.04 Å². The molecule has 1 aromatic rings. The summed E-state index contributed by atoms with van der Waals surface area (Å²) in [5.74, 6) is 0.977. The summed E-state index contributed by atoms with van der Waals surface area (Å²) >= 11 is 0. The maximum Gasteiger partial charge on any atom is 0.122 e. The Morgan fingerprint density at radius 1 is 1.58 bits per heavy atom. The van der Waals surface area contributed by atoms with Crippen LogP contribution in [0.5, 0.6) is 0 Å². The van der Waals surface area contributed by atoms with Gasteiger partial charge in [0.25, 0.3) is 0 Å². The van der Waals surface area contributed by atoms with Gasteiger partial charge in [-0.1, -0.05) is 6.92 Å². The molecule has 1 aromatic heterocycles. The number of likely N-dealkylation sites (tertiary alicyclic amines) is 1. The lowest BCUT2D eigenvalue weighted by Gasteiger charge is -2.35. The molecular formula is C15H26N2O2. The van der Waals surface area contributed by atoms with Crippen LogP contribution in [0, 0.1) is 0 Å². The summed E-state index contributed by atoms with van der Waals surface area (Å²) in [7, 11) is 0. The van der Waals surface area contributed by atoms with E-state index in [-0.39, 0.29) is 18.7 Å². The van der Waals surface area contributed by atoms with Crippen molar-refractivity contribution in [3.8, 4) is 0 Å². The first-order valence-corrected chi connectivity index (χ1v) is 7.43. The number of hydrogen-bond donors (Lipinski definition) is 2. The number of hydrogen-bond acceptors (Lipinski definition) is 4. The highest BCUT2D eigenvalue weighted by Crippen LogP contribution is 2.34. The van der Waals surface area contributed by atoms with Gasteiger partial charge in [0.15, 0.2) is 0 Å². The molecule has 2 rings (SSSR count). The molecule has 4 heteroatoms. The molecule has 1 fully saturated rings. The average Bonchev–Trinajstić information content (AvgIpc) is 3.08. The molecule has 0 saturated carbocycles. The van der Waals surface area contributed by atoms with Crippen molar-refractivity contribution in [2.24, 2.45) is 5.73 Å². The Morgan fingerprint density at radius 2 is 2.42 bits per heavy atom. The van der Waals surface area contributed by atoms with E-state index in [1.807, 2.05) is 12.1 Å². The van der Waals surface area contributed by atoms with Crippen molar-refractivity contribution >= 4 is 0 Å². The zero-order valence-electron chi connectivity index (χ0n) is 11.8. The van der Waals surface area contributed by atoms with Crippen LogP contribution in [0.4, 0.5) is 0 Å². The highest BCUT2D eigenvalue weighted by atomic mass is 16.3. The monoisotopic (exact) mass is 266 g/mol. The molecule has 0 radical (unpaired) electrons. The zero-order valence-corrected chi connectivity index (χ0v) is 11.8. The number of nitrogens with two attached hydrogens (primary N) is 1. The Morgan fingerprint density at radius 3 is 3.05 bits per heavy atom. The first kappa shape index (κ1) is 14.6. The van der Waals surface area contributed by atoms with Gasteiger partial charge in [0.2, 0.25) is 0 Å². The second kappa shape index (κ2) is 7.08. The second-order valence-corrected chi connectivity index (χ2v) is 5.43. The van der Waals surface area contributed by atoms with E-state index in [1.165, 1.54) is 12.8 Å². The molecule has 1 aliphatic heterocycles. The Bertz CT molecular complexity index is 353. The topological polar surface area (TPSA) is 62.6 Å². The van der Waals surface area contributed by atoms with Crippen LogP contribution in [-0.2, 0) is 0 Å². The van der Waals surface area contributed by atoms with E-state index in [9.17, 15) is 0 Å². The summed E-state index contributed by atoms with van der Waals surface area (Å²) < 4.78 is 5.61. The first-order chi connectivity index (χ1) is 9.27. The molecule has 0 amide bonds. The summed E-state index contributed by atoms with van der Waals surface area (Å²) in [6.45, 7) is 3.48. The molecule has 19 heavy (non-hydrogen) atoms. The smallest absolute Gasteiger partial charge is 0.122 e. The maximum atomic E-state index is 9.03. The lowest BCUT2D eigenvalue weighted by atomic mass is 9.99. The average molecular weight is 266 g/mol. The van der Waals surface area contributed by atoms with Gasteiger partial charge in [0.05, 0.1) is 12.3 Å². The SMILES string of the molecule is CCC(N)C(c1ccco1)N1CCCC1CCCO. The number of aliphatic hydroxyl groups is 1. The Labute approximate surface area is 115 Å². The highest BCUT2D eigenvalue weighted by molar-refractivity contribution is 5.09. The fourth-order valence-electron chi connectivity index (χ4n) is 3.16. The van der Waals surface area contributed by atoms with Crippen LogP contribution in [0.3, 0.4) is 0 Å². The highest BCUT2D eigenvalue weighted by Gasteiger charge is 2.35. The third kappa shape index (κ3) is 3.38. The molecule has 108 valence electrons. The predicted octanol–water partition coefficient (Wildman–Crippen LogP) is 2.29. The molecule has 0 spiro atoms. The largest absolute Gasteiger partial charge is 0.468 e. The summed E-state index contributed by atoms with van der Waals surface area (Å²) in [6, 6.07) is 4.76.